The van der Waals surface area contributed by atoms with Crippen LogP contribution in [0.3, 0.4) is 0 Å². The van der Waals surface area contributed by atoms with Crippen LogP contribution in [0.2, 0.25) is 10.2 Å². The summed E-state index contributed by atoms with van der Waals surface area (Å²) in [5.41, 5.74) is 2.48. The van der Waals surface area contributed by atoms with Crippen molar-refractivity contribution in [2.75, 3.05) is 18.4 Å². The Morgan fingerprint density at radius 1 is 1.13 bits per heavy atom. The number of carboxylic acids is 1. The lowest BCUT2D eigenvalue weighted by Crippen LogP contribution is -2.30. The smallest absolute Gasteiger partial charge is 0.475 e. The minimum Gasteiger partial charge on any atom is -0.475 e. The Bertz CT molecular complexity index is 1430. The Kier molecular flexibility index (Phi) is 10.0. The minimum atomic E-state index is -5.08. The molecular weight excluding hydrogens is 550 g/mol. The van der Waals surface area contributed by atoms with E-state index in [1.54, 1.807) is 6.20 Å². The number of carboxylic acid groups (broad SMARTS) is 1. The van der Waals surface area contributed by atoms with E-state index in [0.717, 1.165) is 22.3 Å². The normalized spacial score (nSPS) is 11.2. The van der Waals surface area contributed by atoms with Crippen molar-refractivity contribution < 1.29 is 23.1 Å². The number of pyridine rings is 1. The van der Waals surface area contributed by atoms with Gasteiger partial charge in [0.25, 0.3) is 5.56 Å². The molecule has 0 aliphatic carbocycles. The van der Waals surface area contributed by atoms with Crippen LogP contribution in [0.15, 0.2) is 53.6 Å². The summed E-state index contributed by atoms with van der Waals surface area (Å²) in [6, 6.07) is 11.3. The fourth-order valence-corrected chi connectivity index (χ4v) is 3.61. The van der Waals surface area contributed by atoms with E-state index < -0.39 is 12.1 Å². The molecule has 3 aromatic heterocycles. The van der Waals surface area contributed by atoms with Gasteiger partial charge in [-0.05, 0) is 30.3 Å². The Balaban J connectivity index is 0.000000505. The number of anilines is 1. The van der Waals surface area contributed by atoms with Crippen LogP contribution in [-0.4, -0.2) is 55.1 Å². The molecule has 0 spiro atoms. The number of nitrogens with zero attached hydrogens (tertiary/aromatic N) is 4. The minimum absolute atomic E-state index is 0.255. The number of aliphatic carboxylic acids is 1. The van der Waals surface area contributed by atoms with E-state index in [-0.39, 0.29) is 11.4 Å². The van der Waals surface area contributed by atoms with Crippen molar-refractivity contribution in [3.05, 3.63) is 80.7 Å². The van der Waals surface area contributed by atoms with Crippen molar-refractivity contribution in [1.82, 2.24) is 30.0 Å². The van der Waals surface area contributed by atoms with Crippen LogP contribution in [0.25, 0.3) is 10.9 Å². The van der Waals surface area contributed by atoms with Crippen molar-refractivity contribution in [2.45, 2.75) is 25.7 Å². The topological polar surface area (TPSA) is 138 Å². The second kappa shape index (κ2) is 13.2. The zero-order valence-electron chi connectivity index (χ0n) is 19.6. The monoisotopic (exact) mass is 571 g/mol. The third kappa shape index (κ3) is 8.16. The lowest BCUT2D eigenvalue weighted by Gasteiger charge is -2.11. The van der Waals surface area contributed by atoms with Crippen molar-refractivity contribution >= 4 is 45.9 Å². The molecule has 3 heterocycles. The molecule has 4 N–H and O–H groups in total. The number of nitrogens with one attached hydrogen (secondary N) is 3. The predicted octanol–water partition coefficient (Wildman–Crippen LogP) is 3.90. The van der Waals surface area contributed by atoms with Crippen LogP contribution in [0, 0.1) is 0 Å². The average molecular weight is 572 g/mol. The Hall–Kier alpha value is -3.68. The number of hydrogen-bond donors (Lipinski definition) is 4. The highest BCUT2D eigenvalue weighted by molar-refractivity contribution is 6.31. The highest BCUT2D eigenvalue weighted by Gasteiger charge is 2.38. The molecule has 0 aliphatic heterocycles. The first-order chi connectivity index (χ1) is 18.1. The number of halogens is 5. The Morgan fingerprint density at radius 2 is 1.89 bits per heavy atom. The summed E-state index contributed by atoms with van der Waals surface area (Å²) in [5, 5.41) is 22.7. The molecule has 0 bridgehead atoms. The number of benzene rings is 1. The molecule has 0 atom stereocenters. The summed E-state index contributed by atoms with van der Waals surface area (Å²) in [4.78, 5) is 30.1. The van der Waals surface area contributed by atoms with Gasteiger partial charge >= 0.3 is 12.1 Å². The standard InChI is InChI=1S/C21H21Cl2N7O.C2HF3O2/c22-14-4-5-17-16(11-14)18(29-28-17)12-24-9-10-30-19(23)13-27-20(21(30)31)26-8-6-15-3-1-2-7-25-15;3-2(4,5)1(6)7/h1-5,7,11,13,24H,6,8-10,12H2,(H,26,27)(H,28,29);(H,6,7). The van der Waals surface area contributed by atoms with Gasteiger partial charge in [-0.15, -0.1) is 0 Å². The van der Waals surface area contributed by atoms with Crippen LogP contribution in [-0.2, 0) is 24.3 Å². The predicted molar refractivity (Wildman–Crippen MR) is 136 cm³/mol. The molecule has 0 fully saturated rings. The van der Waals surface area contributed by atoms with Crippen LogP contribution >= 0.6 is 23.2 Å². The molecule has 202 valence electrons. The number of alkyl halides is 3. The van der Waals surface area contributed by atoms with Crippen molar-refractivity contribution in [3.8, 4) is 0 Å². The maximum atomic E-state index is 12.7. The van der Waals surface area contributed by atoms with Crippen LogP contribution in [0.5, 0.6) is 0 Å². The third-order valence-corrected chi connectivity index (χ3v) is 5.59. The summed E-state index contributed by atoms with van der Waals surface area (Å²) in [6.45, 7) is 2.05. The van der Waals surface area contributed by atoms with Gasteiger partial charge in [0.15, 0.2) is 5.82 Å². The number of H-pyrrole nitrogens is 1. The van der Waals surface area contributed by atoms with Gasteiger partial charge in [0.2, 0.25) is 0 Å². The van der Waals surface area contributed by atoms with Gasteiger partial charge in [-0.3, -0.25) is 19.4 Å². The summed E-state index contributed by atoms with van der Waals surface area (Å²) in [6.07, 6.45) is -1.17. The first-order valence-electron chi connectivity index (χ1n) is 11.1. The number of fused-ring (bicyclic) bond motifs is 1. The summed E-state index contributed by atoms with van der Waals surface area (Å²) >= 11 is 12.3. The SMILES string of the molecule is O=C(O)C(F)(F)F.O=c1c(NCCc2ccccn2)ncc(Cl)n1CCNCc1[nH]nc2ccc(Cl)cc12. The molecule has 0 unspecified atom stereocenters. The van der Waals surface area contributed by atoms with Gasteiger partial charge in [-0.1, -0.05) is 29.3 Å². The summed E-state index contributed by atoms with van der Waals surface area (Å²) < 4.78 is 33.2. The van der Waals surface area contributed by atoms with E-state index in [4.69, 9.17) is 33.1 Å². The molecule has 10 nitrogen and oxygen atoms in total. The van der Waals surface area contributed by atoms with Gasteiger partial charge in [0, 0.05) is 54.9 Å². The second-order valence-corrected chi connectivity index (χ2v) is 8.55. The molecule has 0 saturated heterocycles. The largest absolute Gasteiger partial charge is 0.490 e. The van der Waals surface area contributed by atoms with Gasteiger partial charge in [0.05, 0.1) is 17.4 Å². The fourth-order valence-electron chi connectivity index (χ4n) is 3.23. The lowest BCUT2D eigenvalue weighted by atomic mass is 10.2. The van der Waals surface area contributed by atoms with Crippen LogP contribution in [0.1, 0.15) is 11.4 Å². The number of carbonyl (C=O) groups is 1. The molecule has 15 heteroatoms. The van der Waals surface area contributed by atoms with E-state index in [2.05, 4.69) is 30.8 Å². The number of hydrogen-bond acceptors (Lipinski definition) is 7. The van der Waals surface area contributed by atoms with Crippen molar-refractivity contribution in [1.29, 1.82) is 0 Å². The Morgan fingerprint density at radius 3 is 2.58 bits per heavy atom. The summed E-state index contributed by atoms with van der Waals surface area (Å²) in [5.74, 6) is -2.48. The number of aromatic amines is 1. The molecule has 4 aromatic rings. The van der Waals surface area contributed by atoms with Crippen LogP contribution < -0.4 is 16.2 Å². The van der Waals surface area contributed by atoms with E-state index >= 15 is 0 Å². The molecule has 4 rings (SSSR count). The van der Waals surface area contributed by atoms with E-state index in [1.807, 2.05) is 36.4 Å². The van der Waals surface area contributed by atoms with E-state index in [1.165, 1.54) is 10.8 Å². The Labute approximate surface area is 223 Å². The third-order valence-electron chi connectivity index (χ3n) is 5.06. The molecule has 0 saturated carbocycles. The number of rotatable bonds is 9. The maximum Gasteiger partial charge on any atom is 0.490 e. The quantitative estimate of drug-likeness (QED) is 0.222. The van der Waals surface area contributed by atoms with Crippen molar-refractivity contribution in [3.63, 3.8) is 0 Å². The first kappa shape index (κ1) is 28.9. The zero-order valence-corrected chi connectivity index (χ0v) is 21.1. The highest BCUT2D eigenvalue weighted by atomic mass is 35.5. The average Bonchev–Trinajstić information content (AvgIpc) is 3.27. The van der Waals surface area contributed by atoms with E-state index in [0.29, 0.717) is 42.8 Å². The van der Waals surface area contributed by atoms with Crippen molar-refractivity contribution in [2.24, 2.45) is 0 Å². The fraction of sp³-hybridized carbons (Fsp3) is 0.261. The number of aromatic nitrogens is 5. The zero-order chi connectivity index (χ0) is 27.7. The van der Waals surface area contributed by atoms with Gasteiger partial charge < -0.3 is 15.7 Å². The lowest BCUT2D eigenvalue weighted by molar-refractivity contribution is -0.192. The first-order valence-corrected chi connectivity index (χ1v) is 11.8. The molecule has 0 aliphatic rings. The molecule has 38 heavy (non-hydrogen) atoms. The van der Waals surface area contributed by atoms with E-state index in [9.17, 15) is 18.0 Å². The van der Waals surface area contributed by atoms with Gasteiger partial charge in [0.1, 0.15) is 5.15 Å². The molecule has 0 radical (unpaired) electrons. The molecule has 1 aromatic carbocycles. The van der Waals surface area contributed by atoms with Crippen LogP contribution in [0.4, 0.5) is 19.0 Å². The van der Waals surface area contributed by atoms with Gasteiger partial charge in [-0.2, -0.15) is 18.3 Å². The maximum absolute atomic E-state index is 12.7. The molecule has 0 amide bonds. The summed E-state index contributed by atoms with van der Waals surface area (Å²) in [7, 11) is 0. The van der Waals surface area contributed by atoms with Gasteiger partial charge in [-0.25, -0.2) is 9.78 Å². The molecular formula is C23H22Cl2F3N7O3. The second-order valence-electron chi connectivity index (χ2n) is 7.73. The highest BCUT2D eigenvalue weighted by Crippen LogP contribution is 2.20.